The summed E-state index contributed by atoms with van der Waals surface area (Å²) in [5.74, 6) is 0.105. The quantitative estimate of drug-likeness (QED) is 0.749. The van der Waals surface area contributed by atoms with Crippen LogP contribution in [0.15, 0.2) is 12.4 Å². The van der Waals surface area contributed by atoms with Gasteiger partial charge in [-0.25, -0.2) is 9.97 Å². The maximum absolute atomic E-state index is 13.0. The highest BCUT2D eigenvalue weighted by atomic mass is 16.3. The summed E-state index contributed by atoms with van der Waals surface area (Å²) in [6.45, 7) is 0. The van der Waals surface area contributed by atoms with Crippen LogP contribution in [0.25, 0.3) is 0 Å². The van der Waals surface area contributed by atoms with Crippen molar-refractivity contribution in [1.82, 2.24) is 25.1 Å². The number of aliphatic hydroxyl groups is 1. The number of nitrogen functional groups attached to an aromatic ring is 1. The van der Waals surface area contributed by atoms with Gasteiger partial charge >= 0.3 is 0 Å². The standard InChI is InChI=1S/C18H24N6O2/c1-24-9-11(8-20-24)15(10-6-12(25)7-10)22-17(26)16-13-4-2-3-5-14(13)21-18(19)23-16/h8-10,12,15,25H,2-7H2,1H3,(H,22,26)(H2,19,21,23)/t10?,12?,15-/m1/s1. The number of rotatable bonds is 4. The SMILES string of the molecule is Cn1cc([C@H](NC(=O)c2nc(N)nc3c2CCCC3)C2CC(O)C2)cn1. The molecule has 2 aliphatic rings. The van der Waals surface area contributed by atoms with Crippen molar-refractivity contribution in [2.75, 3.05) is 5.73 Å². The Bertz CT molecular complexity index is 827. The molecule has 1 amide bonds. The topological polar surface area (TPSA) is 119 Å². The number of hydrogen-bond donors (Lipinski definition) is 3. The highest BCUT2D eigenvalue weighted by molar-refractivity contribution is 5.94. The van der Waals surface area contributed by atoms with Crippen LogP contribution in [0.4, 0.5) is 5.95 Å². The van der Waals surface area contributed by atoms with Crippen LogP contribution >= 0.6 is 0 Å². The zero-order valence-corrected chi connectivity index (χ0v) is 14.9. The number of anilines is 1. The Morgan fingerprint density at radius 2 is 2.12 bits per heavy atom. The van der Waals surface area contributed by atoms with Crippen LogP contribution in [0.5, 0.6) is 0 Å². The van der Waals surface area contributed by atoms with Crippen LogP contribution in [-0.4, -0.2) is 36.9 Å². The molecule has 2 aromatic heterocycles. The Hall–Kier alpha value is -2.48. The molecule has 0 aliphatic heterocycles. The summed E-state index contributed by atoms with van der Waals surface area (Å²) in [5, 5.41) is 17.0. The van der Waals surface area contributed by atoms with Crippen molar-refractivity contribution < 1.29 is 9.90 Å². The number of nitrogens with two attached hydrogens (primary N) is 1. The zero-order chi connectivity index (χ0) is 18.3. The molecular formula is C18H24N6O2. The fourth-order valence-corrected chi connectivity index (χ4v) is 3.99. The lowest BCUT2D eigenvalue weighted by Gasteiger charge is -2.37. The molecule has 2 aliphatic carbocycles. The van der Waals surface area contributed by atoms with E-state index in [4.69, 9.17) is 5.73 Å². The summed E-state index contributed by atoms with van der Waals surface area (Å²) in [7, 11) is 1.85. The van der Waals surface area contributed by atoms with Crippen LogP contribution in [-0.2, 0) is 19.9 Å². The van der Waals surface area contributed by atoms with Gasteiger partial charge in [-0.05, 0) is 44.4 Å². The highest BCUT2D eigenvalue weighted by Crippen LogP contribution is 2.38. The van der Waals surface area contributed by atoms with E-state index in [2.05, 4.69) is 20.4 Å². The second-order valence-electron chi connectivity index (χ2n) is 7.35. The third kappa shape index (κ3) is 3.16. The minimum Gasteiger partial charge on any atom is -0.393 e. The molecule has 26 heavy (non-hydrogen) atoms. The van der Waals surface area contributed by atoms with Crippen LogP contribution in [0.2, 0.25) is 0 Å². The number of fused-ring (bicyclic) bond motifs is 1. The number of carbonyl (C=O) groups excluding carboxylic acids is 1. The van der Waals surface area contributed by atoms with Crippen molar-refractivity contribution in [3.63, 3.8) is 0 Å². The first-order valence-electron chi connectivity index (χ1n) is 9.14. The Morgan fingerprint density at radius 3 is 2.81 bits per heavy atom. The van der Waals surface area contributed by atoms with Crippen molar-refractivity contribution >= 4 is 11.9 Å². The average molecular weight is 356 g/mol. The number of aliphatic hydroxyl groups excluding tert-OH is 1. The number of carbonyl (C=O) groups is 1. The van der Waals surface area contributed by atoms with E-state index in [9.17, 15) is 9.90 Å². The minimum atomic E-state index is -0.293. The summed E-state index contributed by atoms with van der Waals surface area (Å²) in [4.78, 5) is 21.6. The third-order valence-corrected chi connectivity index (χ3v) is 5.41. The Balaban J connectivity index is 1.62. The lowest BCUT2D eigenvalue weighted by molar-refractivity contribution is 0.0234. The number of nitrogens with one attached hydrogen (secondary N) is 1. The van der Waals surface area contributed by atoms with Gasteiger partial charge in [-0.2, -0.15) is 5.10 Å². The van der Waals surface area contributed by atoms with E-state index >= 15 is 0 Å². The van der Waals surface area contributed by atoms with Crippen molar-refractivity contribution in [2.45, 2.75) is 50.7 Å². The summed E-state index contributed by atoms with van der Waals surface area (Å²) in [6.07, 6.45) is 8.44. The summed E-state index contributed by atoms with van der Waals surface area (Å²) in [5.41, 5.74) is 8.97. The Morgan fingerprint density at radius 1 is 1.35 bits per heavy atom. The maximum atomic E-state index is 13.0. The maximum Gasteiger partial charge on any atom is 0.270 e. The second-order valence-corrected chi connectivity index (χ2v) is 7.35. The average Bonchev–Trinajstić information content (AvgIpc) is 3.02. The van der Waals surface area contributed by atoms with Gasteiger partial charge in [0.1, 0.15) is 5.69 Å². The summed E-state index contributed by atoms with van der Waals surface area (Å²) < 4.78 is 1.72. The first-order valence-corrected chi connectivity index (χ1v) is 9.14. The van der Waals surface area contributed by atoms with Gasteiger partial charge in [0.05, 0.1) is 18.3 Å². The molecular weight excluding hydrogens is 332 g/mol. The number of aryl methyl sites for hydroxylation is 2. The monoisotopic (exact) mass is 356 g/mol. The Labute approximate surface area is 151 Å². The lowest BCUT2D eigenvalue weighted by Crippen LogP contribution is -2.42. The van der Waals surface area contributed by atoms with Crippen molar-refractivity contribution in [3.05, 3.63) is 34.9 Å². The summed E-state index contributed by atoms with van der Waals surface area (Å²) >= 11 is 0. The van der Waals surface area contributed by atoms with Crippen LogP contribution in [0.3, 0.4) is 0 Å². The molecule has 0 bridgehead atoms. The van der Waals surface area contributed by atoms with Crippen LogP contribution in [0, 0.1) is 5.92 Å². The molecule has 1 fully saturated rings. The molecule has 4 N–H and O–H groups in total. The molecule has 8 nitrogen and oxygen atoms in total. The van der Waals surface area contributed by atoms with E-state index in [1.807, 2.05) is 13.2 Å². The van der Waals surface area contributed by atoms with Crippen molar-refractivity contribution in [1.29, 1.82) is 0 Å². The molecule has 2 aromatic rings. The lowest BCUT2D eigenvalue weighted by atomic mass is 9.75. The van der Waals surface area contributed by atoms with E-state index in [0.29, 0.717) is 18.5 Å². The molecule has 138 valence electrons. The van der Waals surface area contributed by atoms with Gasteiger partial charge in [-0.1, -0.05) is 0 Å². The molecule has 1 saturated carbocycles. The number of aromatic nitrogens is 4. The fraction of sp³-hybridized carbons (Fsp3) is 0.556. The van der Waals surface area contributed by atoms with Gasteiger partial charge in [-0.15, -0.1) is 0 Å². The van der Waals surface area contributed by atoms with Gasteiger partial charge in [-0.3, -0.25) is 9.48 Å². The van der Waals surface area contributed by atoms with E-state index in [-0.39, 0.29) is 29.9 Å². The highest BCUT2D eigenvalue weighted by Gasteiger charge is 2.37. The molecule has 0 aromatic carbocycles. The summed E-state index contributed by atoms with van der Waals surface area (Å²) in [6, 6.07) is -0.199. The van der Waals surface area contributed by atoms with E-state index < -0.39 is 0 Å². The van der Waals surface area contributed by atoms with Crippen molar-refractivity contribution in [2.24, 2.45) is 13.0 Å². The van der Waals surface area contributed by atoms with E-state index in [1.165, 1.54) is 0 Å². The molecule has 0 spiro atoms. The van der Waals surface area contributed by atoms with Crippen molar-refractivity contribution in [3.8, 4) is 0 Å². The first-order chi connectivity index (χ1) is 12.5. The minimum absolute atomic E-state index is 0.146. The van der Waals surface area contributed by atoms with Gasteiger partial charge < -0.3 is 16.2 Å². The molecule has 2 heterocycles. The number of hydrogen-bond acceptors (Lipinski definition) is 6. The molecule has 0 unspecified atom stereocenters. The van der Waals surface area contributed by atoms with Gasteiger partial charge in [0.15, 0.2) is 0 Å². The number of amides is 1. The third-order valence-electron chi connectivity index (χ3n) is 5.41. The largest absolute Gasteiger partial charge is 0.393 e. The smallest absolute Gasteiger partial charge is 0.270 e. The fourth-order valence-electron chi connectivity index (χ4n) is 3.99. The van der Waals surface area contributed by atoms with Crippen LogP contribution < -0.4 is 11.1 Å². The van der Waals surface area contributed by atoms with E-state index in [0.717, 1.165) is 42.5 Å². The van der Waals surface area contributed by atoms with E-state index in [1.54, 1.807) is 10.9 Å². The molecule has 1 atom stereocenters. The van der Waals surface area contributed by atoms with Gasteiger partial charge in [0.2, 0.25) is 5.95 Å². The normalized spacial score (nSPS) is 23.0. The number of nitrogens with zero attached hydrogens (tertiary/aromatic N) is 4. The predicted molar refractivity (Wildman–Crippen MR) is 95.2 cm³/mol. The van der Waals surface area contributed by atoms with Gasteiger partial charge in [0, 0.05) is 30.1 Å². The first kappa shape index (κ1) is 17.0. The Kier molecular flexibility index (Phi) is 4.36. The molecule has 0 saturated heterocycles. The molecule has 4 rings (SSSR count). The van der Waals surface area contributed by atoms with Crippen LogP contribution in [0.1, 0.15) is 59.0 Å². The zero-order valence-electron chi connectivity index (χ0n) is 14.9. The van der Waals surface area contributed by atoms with Gasteiger partial charge in [0.25, 0.3) is 5.91 Å². The second kappa shape index (κ2) is 6.68. The molecule has 0 radical (unpaired) electrons. The molecule has 8 heteroatoms. The predicted octanol–water partition coefficient (Wildman–Crippen LogP) is 0.913.